The van der Waals surface area contributed by atoms with Crippen LogP contribution in [0.15, 0.2) is 67.3 Å². The first-order valence-electron chi connectivity index (χ1n) is 32.3. The van der Waals surface area contributed by atoms with Crippen molar-refractivity contribution in [3.8, 4) is 0 Å². The Morgan fingerprint density at radius 3 is 1.96 bits per heavy atom. The molecule has 0 aliphatic carbocycles. The number of hydrogen-bond donors (Lipinski definition) is 5. The highest BCUT2D eigenvalue weighted by atomic mass is 32.3. The summed E-state index contributed by atoms with van der Waals surface area (Å²) in [5.74, 6) is -1.89. The summed E-state index contributed by atoms with van der Waals surface area (Å²) >= 11 is 0. The molecular weight excluding hydrogens is 1230 g/mol. The molecule has 0 aromatic heterocycles. The number of hydrogen-bond acceptors (Lipinski definition) is 22. The fourth-order valence-corrected chi connectivity index (χ4v) is 17.7. The predicted molar refractivity (Wildman–Crippen MR) is 319 cm³/mol. The molecule has 11 saturated heterocycles. The van der Waals surface area contributed by atoms with E-state index in [4.69, 9.17) is 61.0 Å². The first-order chi connectivity index (χ1) is 42.9. The number of rotatable bonds is 15. The molecular formula is C64H91NO24S2. The molecule has 0 radical (unpaired) electrons. The molecule has 28 atom stereocenters. The average Bonchev–Trinajstić information content (AvgIpc) is 1.27. The van der Waals surface area contributed by atoms with Gasteiger partial charge in [0.1, 0.15) is 35.6 Å². The molecule has 11 fully saturated rings. The molecule has 1 aromatic carbocycles. The molecule has 11 aliphatic heterocycles. The van der Waals surface area contributed by atoms with Crippen LogP contribution in [0.4, 0.5) is 0 Å². The van der Waals surface area contributed by atoms with Gasteiger partial charge in [-0.2, -0.15) is 16.8 Å². The van der Waals surface area contributed by atoms with Crippen molar-refractivity contribution >= 4 is 32.7 Å². The van der Waals surface area contributed by atoms with Gasteiger partial charge in [0.15, 0.2) is 6.04 Å². The van der Waals surface area contributed by atoms with Crippen LogP contribution in [0.1, 0.15) is 143 Å². The number of amides is 1. The lowest BCUT2D eigenvalue weighted by Crippen LogP contribution is -2.74. The third-order valence-corrected chi connectivity index (χ3v) is 22.8. The molecule has 12 rings (SSSR count). The molecule has 91 heavy (non-hydrogen) atoms. The zero-order valence-electron chi connectivity index (χ0n) is 52.7. The smallest absolute Gasteiger partial charge is 0.397 e. The maximum Gasteiger partial charge on any atom is 0.397 e. The van der Waals surface area contributed by atoms with Gasteiger partial charge in [-0.3, -0.25) is 13.9 Å². The molecule has 0 saturated carbocycles. The maximum absolute atomic E-state index is 13.8. The molecule has 0 spiro atoms. The molecule has 1 amide bonds. The minimum absolute atomic E-state index is 0.0134. The Balaban J connectivity index is 0.691. The van der Waals surface area contributed by atoms with E-state index in [1.807, 2.05) is 6.92 Å². The van der Waals surface area contributed by atoms with Crippen LogP contribution in [0, 0.1) is 11.8 Å². The van der Waals surface area contributed by atoms with Crippen LogP contribution in [-0.2, 0) is 95.6 Å². The van der Waals surface area contributed by atoms with Gasteiger partial charge in [0.05, 0.1) is 134 Å². The Hall–Kier alpha value is -3.40. The van der Waals surface area contributed by atoms with Crippen LogP contribution < -0.4 is 5.32 Å². The number of nitrogens with one attached hydrogen (secondary N) is 1. The van der Waals surface area contributed by atoms with Gasteiger partial charge in [0, 0.05) is 51.4 Å². The lowest BCUT2D eigenvalue weighted by atomic mass is 9.73. The lowest BCUT2D eigenvalue weighted by molar-refractivity contribution is -0.369. The maximum atomic E-state index is 13.8. The number of ether oxygens (including phenoxy) is 12. The average molecular weight is 1320 g/mol. The fraction of sp³-hybridized carbons (Fsp3) is 0.781. The van der Waals surface area contributed by atoms with Crippen LogP contribution in [0.25, 0.3) is 0 Å². The number of fused-ring (bicyclic) bond motifs is 10. The molecule has 25 nitrogen and oxygen atoms in total. The summed E-state index contributed by atoms with van der Waals surface area (Å²) in [7, 11) is -8.52. The Morgan fingerprint density at radius 2 is 1.31 bits per heavy atom. The van der Waals surface area contributed by atoms with Crippen molar-refractivity contribution in [2.45, 2.75) is 288 Å². The second-order valence-electron chi connectivity index (χ2n) is 28.4. The van der Waals surface area contributed by atoms with Crippen molar-refractivity contribution in [1.29, 1.82) is 0 Å². The van der Waals surface area contributed by atoms with Crippen molar-refractivity contribution in [1.82, 2.24) is 5.32 Å². The monoisotopic (exact) mass is 1320 g/mol. The summed E-state index contributed by atoms with van der Waals surface area (Å²) in [6.45, 7) is 19.0. The van der Waals surface area contributed by atoms with E-state index < -0.39 is 165 Å². The van der Waals surface area contributed by atoms with E-state index >= 15 is 0 Å². The fourth-order valence-electron chi connectivity index (χ4n) is 16.8. The standard InChI is InChI=1S/C64H91NO24S2/c1-10-14-36(58(67)65-53(59(68)76-9)35-15-12-11-13-16-35)18-20-60(4,69)57-34(3)25-45-44(84-57)31-52-64(8,87-45)56(66)55-48(83-52)29-47-54(85-55)33(2)17-21-62(6)50(82-47)32-49-63(7,89-62)22-19-37-38(81-49)26-40-39(78-37)27-41-42(79-40)28-46-43(80-41)30-51(88-91(73,74)75)61(5,86-46)23-24-77-90(70,71)72/h10-13,15-16,18,20,33,36-57,66,69H,1,3,14,17,19,21-32H2,2,4-9H3,(H,65,67)(H,70,71,72)(H,73,74,75)/b20-18+/t33-,36+,37-,38+,39+,40-,41-,42+,43+,44+,45-,46-,47-,48+,49-,50+,51-,52-,53-,54+,55+,56+,57-,60+,61+,62-,63+,64-/m0/s1. The topological polar surface area (TPSA) is 325 Å². The number of allylic oxidation sites excluding steroid dienone is 1. The van der Waals surface area contributed by atoms with E-state index in [0.29, 0.717) is 75.3 Å². The zero-order chi connectivity index (χ0) is 65.0. The SMILES string of the molecule is C=CC[C@H](/C=C/[C@@](C)(O)[C@H]1O[C@@H]2C[C@@H]3O[C@@H]4C[C@@H]5O[C@@H]6C[C@@H]7O[C@@H]8C[C@@H]9O[C@@H]%10C[C@@H]%11O[C@](C)(CCOS(=O)(=O)O)[C@@H](OS(=O)(=O)O)C[C@H]%11O[C@H]%10C[C@H]9O[C@H]8CC[C@@]7(C)O[C@@]6(C)CC[C@H](C)[C@H]5O[C@H]4[C@@H](O)[C@@]3(C)O[C@H]2CC1=C)C(=O)N[C@H](C(=O)OC)c1ccccc1. The van der Waals surface area contributed by atoms with Crippen molar-refractivity contribution in [3.63, 3.8) is 0 Å². The van der Waals surface area contributed by atoms with Gasteiger partial charge in [0.2, 0.25) is 5.91 Å². The second-order valence-corrected chi connectivity index (χ2v) is 30.5. The molecule has 5 N–H and O–H groups in total. The molecule has 11 aliphatic rings. The van der Waals surface area contributed by atoms with Crippen LogP contribution in [0.2, 0.25) is 0 Å². The van der Waals surface area contributed by atoms with Crippen molar-refractivity contribution in [2.24, 2.45) is 11.8 Å². The van der Waals surface area contributed by atoms with Crippen molar-refractivity contribution in [3.05, 3.63) is 72.9 Å². The van der Waals surface area contributed by atoms with Gasteiger partial charge in [0.25, 0.3) is 0 Å². The van der Waals surface area contributed by atoms with Gasteiger partial charge >= 0.3 is 26.8 Å². The minimum Gasteiger partial charge on any atom is -0.467 e. The summed E-state index contributed by atoms with van der Waals surface area (Å²) in [5.41, 5.74) is -4.57. The Bertz CT molecular complexity index is 3120. The van der Waals surface area contributed by atoms with Crippen LogP contribution >= 0.6 is 0 Å². The van der Waals surface area contributed by atoms with Gasteiger partial charge in [-0.05, 0) is 90.2 Å². The molecule has 0 bridgehead atoms. The summed E-state index contributed by atoms with van der Waals surface area (Å²) in [6, 6.07) is 7.73. The Kier molecular flexibility index (Phi) is 19.0. The third kappa shape index (κ3) is 13.7. The van der Waals surface area contributed by atoms with Crippen LogP contribution in [-0.4, -0.2) is 212 Å². The van der Waals surface area contributed by atoms with E-state index in [-0.39, 0.29) is 61.8 Å². The summed E-state index contributed by atoms with van der Waals surface area (Å²) < 4.78 is 156. The number of benzene rings is 1. The number of aliphatic hydroxyl groups excluding tert-OH is 1. The minimum atomic E-state index is -4.97. The first kappa shape index (κ1) is 67.6. The summed E-state index contributed by atoms with van der Waals surface area (Å²) in [5, 5.41) is 27.4. The van der Waals surface area contributed by atoms with Crippen LogP contribution in [0.5, 0.6) is 0 Å². The lowest BCUT2D eigenvalue weighted by Gasteiger charge is -2.61. The van der Waals surface area contributed by atoms with E-state index in [1.165, 1.54) is 20.1 Å². The van der Waals surface area contributed by atoms with E-state index in [1.54, 1.807) is 49.4 Å². The highest BCUT2D eigenvalue weighted by Crippen LogP contribution is 2.54. The van der Waals surface area contributed by atoms with Gasteiger partial charge < -0.3 is 72.4 Å². The molecule has 27 heteroatoms. The van der Waals surface area contributed by atoms with E-state index in [9.17, 15) is 45.7 Å². The van der Waals surface area contributed by atoms with Gasteiger partial charge in [-0.1, -0.05) is 62.1 Å². The summed E-state index contributed by atoms with van der Waals surface area (Å²) in [6.07, 6.45) is -0.923. The Morgan fingerprint density at radius 1 is 0.725 bits per heavy atom. The molecule has 11 heterocycles. The zero-order valence-corrected chi connectivity index (χ0v) is 54.3. The van der Waals surface area contributed by atoms with E-state index in [2.05, 4.69) is 43.4 Å². The number of methoxy groups -OCH3 is 1. The second kappa shape index (κ2) is 25.5. The number of carbonyl (C=O) groups excluding carboxylic acids is 2. The highest BCUT2D eigenvalue weighted by Gasteiger charge is 2.65. The van der Waals surface area contributed by atoms with Crippen molar-refractivity contribution < 1.29 is 111 Å². The quantitative estimate of drug-likeness (QED) is 0.0861. The molecule has 0 unspecified atom stereocenters. The number of esters is 1. The van der Waals surface area contributed by atoms with Crippen LogP contribution in [0.3, 0.4) is 0 Å². The molecule has 508 valence electrons. The number of carbonyl (C=O) groups is 2. The Labute approximate surface area is 532 Å². The highest BCUT2D eigenvalue weighted by molar-refractivity contribution is 7.81. The largest absolute Gasteiger partial charge is 0.467 e. The normalized spacial score (nSPS) is 46.0. The van der Waals surface area contributed by atoms with Gasteiger partial charge in [-0.15, -0.1) is 6.58 Å². The predicted octanol–water partition coefficient (Wildman–Crippen LogP) is 5.15. The van der Waals surface area contributed by atoms with Crippen molar-refractivity contribution in [2.75, 3.05) is 13.7 Å². The first-order valence-corrected chi connectivity index (χ1v) is 35.0. The number of aliphatic hydroxyl groups is 2. The van der Waals surface area contributed by atoms with E-state index in [0.717, 1.165) is 6.42 Å². The third-order valence-electron chi connectivity index (χ3n) is 21.8. The summed E-state index contributed by atoms with van der Waals surface area (Å²) in [4.78, 5) is 26.6. The van der Waals surface area contributed by atoms with Gasteiger partial charge in [-0.25, -0.2) is 13.2 Å². The molecule has 1 aromatic rings.